The highest BCUT2D eigenvalue weighted by molar-refractivity contribution is 6.25. The van der Waals surface area contributed by atoms with Gasteiger partial charge in [-0.1, -0.05) is 19.3 Å². The van der Waals surface area contributed by atoms with Crippen molar-refractivity contribution >= 4 is 18.1 Å². The van der Waals surface area contributed by atoms with Crippen molar-refractivity contribution in [2.24, 2.45) is 4.99 Å². The van der Waals surface area contributed by atoms with Crippen LogP contribution in [0, 0.1) is 5.41 Å². The molecule has 0 aromatic heterocycles. The Labute approximate surface area is 94.5 Å². The number of amidine groups is 1. The van der Waals surface area contributed by atoms with Crippen LogP contribution in [-0.2, 0) is 4.79 Å². The Kier molecular flexibility index (Phi) is 3.34. The van der Waals surface area contributed by atoms with E-state index in [0.29, 0.717) is 11.6 Å². The van der Waals surface area contributed by atoms with Crippen LogP contribution in [0.3, 0.4) is 0 Å². The fraction of sp³-hybridized carbons (Fsp3) is 0.545. The van der Waals surface area contributed by atoms with E-state index in [-0.39, 0.29) is 11.7 Å². The van der Waals surface area contributed by atoms with Crippen LogP contribution in [0.2, 0.25) is 0 Å². The summed E-state index contributed by atoms with van der Waals surface area (Å²) in [4.78, 5) is 15.2. The molecule has 2 aliphatic rings. The molecule has 0 bridgehead atoms. The van der Waals surface area contributed by atoms with Gasteiger partial charge in [0, 0.05) is 12.2 Å². The summed E-state index contributed by atoms with van der Waals surface area (Å²) in [7, 11) is 0. The standard InChI is InChI=1S/C11H16N4O/c12-10-9(11(16)15-7-14-10)6-13-8-4-2-1-3-5-8/h6-8,13H,1-5H2,(H2,12,14,15,16)/b9-6+. The van der Waals surface area contributed by atoms with E-state index in [0.717, 1.165) is 12.8 Å². The molecular formula is C11H16N4O. The summed E-state index contributed by atoms with van der Waals surface area (Å²) in [6.07, 6.45) is 8.94. The predicted octanol–water partition coefficient (Wildman–Crippen LogP) is 0.928. The molecule has 0 saturated heterocycles. The van der Waals surface area contributed by atoms with Gasteiger partial charge in [-0.15, -0.1) is 0 Å². The van der Waals surface area contributed by atoms with Gasteiger partial charge in [0.2, 0.25) is 0 Å². The fourth-order valence-corrected chi connectivity index (χ4v) is 2.01. The summed E-state index contributed by atoms with van der Waals surface area (Å²) in [5, 5.41) is 13.2. The van der Waals surface area contributed by atoms with E-state index in [2.05, 4.69) is 15.6 Å². The average Bonchev–Trinajstić information content (AvgIpc) is 2.30. The Morgan fingerprint density at radius 3 is 2.88 bits per heavy atom. The first-order chi connectivity index (χ1) is 7.77. The maximum absolute atomic E-state index is 11.4. The van der Waals surface area contributed by atoms with Gasteiger partial charge in [-0.3, -0.25) is 10.2 Å². The molecular weight excluding hydrogens is 204 g/mol. The van der Waals surface area contributed by atoms with E-state index in [4.69, 9.17) is 5.41 Å². The fourth-order valence-electron chi connectivity index (χ4n) is 2.01. The average molecular weight is 220 g/mol. The smallest absolute Gasteiger partial charge is 0.261 e. The second kappa shape index (κ2) is 4.92. The molecule has 0 unspecified atom stereocenters. The Hall–Kier alpha value is -1.65. The molecule has 0 aromatic rings. The molecule has 1 saturated carbocycles. The molecule has 0 atom stereocenters. The van der Waals surface area contributed by atoms with Gasteiger partial charge in [-0.05, 0) is 12.8 Å². The van der Waals surface area contributed by atoms with Crippen molar-refractivity contribution < 1.29 is 4.79 Å². The summed E-state index contributed by atoms with van der Waals surface area (Å²) < 4.78 is 0. The lowest BCUT2D eigenvalue weighted by molar-refractivity contribution is -0.115. The van der Waals surface area contributed by atoms with Gasteiger partial charge >= 0.3 is 0 Å². The second-order valence-corrected chi connectivity index (χ2v) is 4.14. The first kappa shape index (κ1) is 10.9. The molecule has 1 aliphatic heterocycles. The minimum absolute atomic E-state index is 0.0204. The maximum Gasteiger partial charge on any atom is 0.261 e. The number of aliphatic imine (C=N–C) groups is 1. The number of nitrogens with one attached hydrogen (secondary N) is 3. The zero-order valence-corrected chi connectivity index (χ0v) is 9.12. The molecule has 5 heteroatoms. The number of carbonyl (C=O) groups excluding carboxylic acids is 1. The van der Waals surface area contributed by atoms with Gasteiger partial charge in [-0.25, -0.2) is 4.99 Å². The molecule has 5 nitrogen and oxygen atoms in total. The zero-order valence-electron chi connectivity index (χ0n) is 9.12. The minimum Gasteiger partial charge on any atom is -0.387 e. The molecule has 86 valence electrons. The molecule has 0 spiro atoms. The molecule has 1 fully saturated rings. The van der Waals surface area contributed by atoms with Gasteiger partial charge in [-0.2, -0.15) is 0 Å². The van der Waals surface area contributed by atoms with Crippen LogP contribution in [0.25, 0.3) is 0 Å². The number of hydrogen-bond donors (Lipinski definition) is 3. The quantitative estimate of drug-likeness (QED) is 0.605. The van der Waals surface area contributed by atoms with Crippen molar-refractivity contribution in [1.82, 2.24) is 10.6 Å². The van der Waals surface area contributed by atoms with Gasteiger partial charge in [0.15, 0.2) is 5.84 Å². The molecule has 0 radical (unpaired) electrons. The lowest BCUT2D eigenvalue weighted by Gasteiger charge is -2.22. The Bertz CT molecular complexity index is 353. The van der Waals surface area contributed by atoms with Gasteiger partial charge in [0.1, 0.15) is 0 Å². The van der Waals surface area contributed by atoms with Crippen molar-refractivity contribution in [1.29, 1.82) is 5.41 Å². The molecule has 1 amide bonds. The third-order valence-corrected chi connectivity index (χ3v) is 2.96. The summed E-state index contributed by atoms with van der Waals surface area (Å²) in [6, 6.07) is 0.438. The number of nitrogens with zero attached hydrogens (tertiary/aromatic N) is 1. The maximum atomic E-state index is 11.4. The highest BCUT2D eigenvalue weighted by Gasteiger charge is 2.18. The Balaban J connectivity index is 1.97. The normalized spacial score (nSPS) is 24.6. The summed E-state index contributed by atoms with van der Waals surface area (Å²) in [5.41, 5.74) is 0.313. The van der Waals surface area contributed by atoms with E-state index >= 15 is 0 Å². The lowest BCUT2D eigenvalue weighted by Crippen LogP contribution is -2.34. The number of hydrogen-bond acceptors (Lipinski definition) is 3. The van der Waals surface area contributed by atoms with E-state index < -0.39 is 0 Å². The third-order valence-electron chi connectivity index (χ3n) is 2.96. The largest absolute Gasteiger partial charge is 0.387 e. The van der Waals surface area contributed by atoms with Crippen molar-refractivity contribution in [3.63, 3.8) is 0 Å². The highest BCUT2D eigenvalue weighted by Crippen LogP contribution is 2.17. The van der Waals surface area contributed by atoms with E-state index in [1.807, 2.05) is 0 Å². The zero-order chi connectivity index (χ0) is 11.4. The van der Waals surface area contributed by atoms with Crippen molar-refractivity contribution in [2.45, 2.75) is 38.1 Å². The predicted molar refractivity (Wildman–Crippen MR) is 62.5 cm³/mol. The topological polar surface area (TPSA) is 77.3 Å². The highest BCUT2D eigenvalue weighted by atomic mass is 16.1. The van der Waals surface area contributed by atoms with Gasteiger partial charge in [0.05, 0.1) is 11.9 Å². The Morgan fingerprint density at radius 1 is 1.44 bits per heavy atom. The number of rotatable bonds is 2. The van der Waals surface area contributed by atoms with Crippen molar-refractivity contribution in [3.05, 3.63) is 11.8 Å². The molecule has 0 aromatic carbocycles. The third kappa shape index (κ3) is 2.48. The molecule has 1 heterocycles. The van der Waals surface area contributed by atoms with Crippen LogP contribution < -0.4 is 10.6 Å². The van der Waals surface area contributed by atoms with E-state index in [1.165, 1.54) is 25.6 Å². The van der Waals surface area contributed by atoms with E-state index in [1.54, 1.807) is 6.20 Å². The second-order valence-electron chi connectivity index (χ2n) is 4.14. The monoisotopic (exact) mass is 220 g/mol. The van der Waals surface area contributed by atoms with Crippen LogP contribution in [-0.4, -0.2) is 24.1 Å². The van der Waals surface area contributed by atoms with Crippen LogP contribution >= 0.6 is 0 Å². The van der Waals surface area contributed by atoms with Crippen molar-refractivity contribution in [3.8, 4) is 0 Å². The summed E-state index contributed by atoms with van der Waals surface area (Å²) >= 11 is 0. The van der Waals surface area contributed by atoms with Crippen LogP contribution in [0.15, 0.2) is 16.8 Å². The summed E-state index contributed by atoms with van der Waals surface area (Å²) in [5.74, 6) is -0.240. The van der Waals surface area contributed by atoms with Gasteiger partial charge in [0.25, 0.3) is 5.91 Å². The van der Waals surface area contributed by atoms with Crippen molar-refractivity contribution in [2.75, 3.05) is 0 Å². The lowest BCUT2D eigenvalue weighted by atomic mass is 9.95. The van der Waals surface area contributed by atoms with Gasteiger partial charge < -0.3 is 10.6 Å². The summed E-state index contributed by atoms with van der Waals surface area (Å²) in [6.45, 7) is 0. The minimum atomic E-state index is -0.261. The molecule has 2 rings (SSSR count). The molecule has 16 heavy (non-hydrogen) atoms. The van der Waals surface area contributed by atoms with Crippen LogP contribution in [0.5, 0.6) is 0 Å². The first-order valence-corrected chi connectivity index (χ1v) is 5.66. The Morgan fingerprint density at radius 2 is 2.19 bits per heavy atom. The van der Waals surface area contributed by atoms with E-state index in [9.17, 15) is 4.79 Å². The first-order valence-electron chi connectivity index (χ1n) is 5.66. The van der Waals surface area contributed by atoms with Crippen LogP contribution in [0.1, 0.15) is 32.1 Å². The number of amides is 1. The van der Waals surface area contributed by atoms with Crippen LogP contribution in [0.4, 0.5) is 0 Å². The molecule has 3 N–H and O–H groups in total. The SMILES string of the molecule is N=C1N=CNC(=O)/C1=C/NC1CCCCC1. The molecule has 1 aliphatic carbocycles. The number of carbonyl (C=O) groups is 1.